The van der Waals surface area contributed by atoms with Gasteiger partial charge in [-0.1, -0.05) is 12.8 Å². The number of non-ortho nitro benzene ring substituents is 1. The summed E-state index contributed by atoms with van der Waals surface area (Å²) in [6, 6.07) is 4.73. The standard InChI is InChI=1S/C14H17N3O4/c18-17(19)10-5-6-12-13(9-10)21-14(16-12)15-7-8-20-11-3-1-2-4-11/h5-6,9,11H,1-4,7-8H2,(H,15,16). The highest BCUT2D eigenvalue weighted by Gasteiger charge is 2.15. The molecular formula is C14H17N3O4. The van der Waals surface area contributed by atoms with Crippen LogP contribution in [0, 0.1) is 10.1 Å². The molecule has 1 aromatic carbocycles. The van der Waals surface area contributed by atoms with Crippen LogP contribution < -0.4 is 5.32 Å². The largest absolute Gasteiger partial charge is 0.423 e. The number of nitro benzene ring substituents is 1. The quantitative estimate of drug-likeness (QED) is 0.499. The first-order chi connectivity index (χ1) is 10.2. The van der Waals surface area contributed by atoms with Gasteiger partial charge in [0.25, 0.3) is 11.7 Å². The molecule has 1 aromatic heterocycles. The Morgan fingerprint density at radius 3 is 3.00 bits per heavy atom. The summed E-state index contributed by atoms with van der Waals surface area (Å²) in [6.45, 7) is 1.20. The minimum atomic E-state index is -0.454. The third-order valence-corrected chi connectivity index (χ3v) is 3.62. The molecule has 2 aromatic rings. The monoisotopic (exact) mass is 291 g/mol. The number of nitro groups is 1. The van der Waals surface area contributed by atoms with E-state index in [2.05, 4.69) is 10.3 Å². The molecule has 0 radical (unpaired) electrons. The summed E-state index contributed by atoms with van der Waals surface area (Å²) in [5.74, 6) is 0. The molecule has 0 amide bonds. The molecule has 1 heterocycles. The molecule has 1 fully saturated rings. The molecule has 1 aliphatic carbocycles. The third-order valence-electron chi connectivity index (χ3n) is 3.62. The highest BCUT2D eigenvalue weighted by Crippen LogP contribution is 2.24. The smallest absolute Gasteiger partial charge is 0.295 e. The number of nitrogens with one attached hydrogen (secondary N) is 1. The Morgan fingerprint density at radius 2 is 2.24 bits per heavy atom. The lowest BCUT2D eigenvalue weighted by atomic mass is 10.3. The van der Waals surface area contributed by atoms with E-state index in [9.17, 15) is 10.1 Å². The maximum atomic E-state index is 10.7. The summed E-state index contributed by atoms with van der Waals surface area (Å²) < 4.78 is 11.2. The zero-order valence-corrected chi connectivity index (χ0v) is 11.6. The summed E-state index contributed by atoms with van der Waals surface area (Å²) in [5.41, 5.74) is 0.998. The van der Waals surface area contributed by atoms with Crippen LogP contribution in [0.25, 0.3) is 11.1 Å². The van der Waals surface area contributed by atoms with Crippen LogP contribution in [0.3, 0.4) is 0 Å². The van der Waals surface area contributed by atoms with E-state index in [0.29, 0.717) is 36.4 Å². The summed E-state index contributed by atoms with van der Waals surface area (Å²) in [6.07, 6.45) is 5.18. The van der Waals surface area contributed by atoms with Gasteiger partial charge in [0.1, 0.15) is 5.52 Å². The highest BCUT2D eigenvalue weighted by atomic mass is 16.6. The average molecular weight is 291 g/mol. The molecule has 1 saturated carbocycles. The van der Waals surface area contributed by atoms with E-state index in [0.717, 1.165) is 12.8 Å². The van der Waals surface area contributed by atoms with Gasteiger partial charge in [-0.15, -0.1) is 0 Å². The number of aromatic nitrogens is 1. The van der Waals surface area contributed by atoms with Crippen LogP contribution in [-0.2, 0) is 4.74 Å². The number of oxazole rings is 1. The minimum Gasteiger partial charge on any atom is -0.423 e. The van der Waals surface area contributed by atoms with Gasteiger partial charge >= 0.3 is 0 Å². The fourth-order valence-electron chi connectivity index (χ4n) is 2.54. The van der Waals surface area contributed by atoms with Crippen LogP contribution in [0.4, 0.5) is 11.7 Å². The van der Waals surface area contributed by atoms with Crippen molar-refractivity contribution in [2.45, 2.75) is 31.8 Å². The minimum absolute atomic E-state index is 0.00485. The first-order valence-electron chi connectivity index (χ1n) is 7.13. The van der Waals surface area contributed by atoms with E-state index in [1.54, 1.807) is 6.07 Å². The molecule has 1 aliphatic rings. The molecule has 3 rings (SSSR count). The maximum absolute atomic E-state index is 10.7. The Morgan fingerprint density at radius 1 is 1.43 bits per heavy atom. The molecule has 0 unspecified atom stereocenters. The van der Waals surface area contributed by atoms with Crippen molar-refractivity contribution in [1.82, 2.24) is 4.98 Å². The summed E-state index contributed by atoms with van der Waals surface area (Å²) in [7, 11) is 0. The predicted molar refractivity (Wildman–Crippen MR) is 77.4 cm³/mol. The second-order valence-electron chi connectivity index (χ2n) is 5.13. The van der Waals surface area contributed by atoms with Gasteiger partial charge in [-0.25, -0.2) is 0 Å². The molecule has 0 aliphatic heterocycles. The number of anilines is 1. The van der Waals surface area contributed by atoms with Crippen LogP contribution in [0.1, 0.15) is 25.7 Å². The van der Waals surface area contributed by atoms with Gasteiger partial charge in [0.15, 0.2) is 5.58 Å². The fourth-order valence-corrected chi connectivity index (χ4v) is 2.54. The van der Waals surface area contributed by atoms with E-state index >= 15 is 0 Å². The number of ether oxygens (including phenoxy) is 1. The zero-order chi connectivity index (χ0) is 14.7. The first-order valence-corrected chi connectivity index (χ1v) is 7.13. The van der Waals surface area contributed by atoms with Gasteiger partial charge in [0, 0.05) is 12.6 Å². The van der Waals surface area contributed by atoms with Crippen molar-refractivity contribution in [3.8, 4) is 0 Å². The second-order valence-corrected chi connectivity index (χ2v) is 5.13. The van der Waals surface area contributed by atoms with Crippen LogP contribution in [0.15, 0.2) is 22.6 Å². The van der Waals surface area contributed by atoms with Crippen LogP contribution in [0.5, 0.6) is 0 Å². The van der Waals surface area contributed by atoms with Crippen LogP contribution >= 0.6 is 0 Å². The molecule has 0 saturated heterocycles. The summed E-state index contributed by atoms with van der Waals surface area (Å²) in [5, 5.41) is 13.7. The van der Waals surface area contributed by atoms with Crippen molar-refractivity contribution < 1.29 is 14.1 Å². The lowest BCUT2D eigenvalue weighted by Crippen LogP contribution is -2.15. The van der Waals surface area contributed by atoms with E-state index in [1.165, 1.54) is 25.0 Å². The number of benzene rings is 1. The predicted octanol–water partition coefficient (Wildman–Crippen LogP) is 3.11. The molecule has 7 heteroatoms. The first kappa shape index (κ1) is 13.8. The topological polar surface area (TPSA) is 90.4 Å². The van der Waals surface area contributed by atoms with Crippen molar-refractivity contribution in [3.05, 3.63) is 28.3 Å². The van der Waals surface area contributed by atoms with E-state index in [-0.39, 0.29) is 5.69 Å². The third kappa shape index (κ3) is 3.30. The molecule has 0 spiro atoms. The maximum Gasteiger partial charge on any atom is 0.295 e. The second kappa shape index (κ2) is 6.09. The van der Waals surface area contributed by atoms with Crippen LogP contribution in [0.2, 0.25) is 0 Å². The number of rotatable bonds is 6. The van der Waals surface area contributed by atoms with Gasteiger partial charge in [0.2, 0.25) is 0 Å². The van der Waals surface area contributed by atoms with Gasteiger partial charge < -0.3 is 14.5 Å². The molecule has 7 nitrogen and oxygen atoms in total. The fraction of sp³-hybridized carbons (Fsp3) is 0.500. The van der Waals surface area contributed by atoms with Crippen molar-refractivity contribution in [2.75, 3.05) is 18.5 Å². The van der Waals surface area contributed by atoms with Gasteiger partial charge in [-0.05, 0) is 18.9 Å². The number of fused-ring (bicyclic) bond motifs is 1. The van der Waals surface area contributed by atoms with Crippen molar-refractivity contribution in [2.24, 2.45) is 0 Å². The Bertz CT molecular complexity index is 634. The zero-order valence-electron chi connectivity index (χ0n) is 11.6. The lowest BCUT2D eigenvalue weighted by Gasteiger charge is -2.10. The number of hydrogen-bond acceptors (Lipinski definition) is 6. The Labute approximate surface area is 121 Å². The molecule has 112 valence electrons. The molecule has 1 N–H and O–H groups in total. The molecular weight excluding hydrogens is 274 g/mol. The van der Waals surface area contributed by atoms with Crippen molar-refractivity contribution in [3.63, 3.8) is 0 Å². The van der Waals surface area contributed by atoms with Gasteiger partial charge in [0.05, 0.1) is 23.7 Å². The lowest BCUT2D eigenvalue weighted by molar-refractivity contribution is -0.384. The van der Waals surface area contributed by atoms with Gasteiger partial charge in [-0.3, -0.25) is 10.1 Å². The average Bonchev–Trinajstić information content (AvgIpc) is 3.11. The summed E-state index contributed by atoms with van der Waals surface area (Å²) in [4.78, 5) is 14.5. The Hall–Kier alpha value is -2.15. The molecule has 0 bridgehead atoms. The molecule has 0 atom stereocenters. The molecule has 21 heavy (non-hydrogen) atoms. The Balaban J connectivity index is 1.55. The van der Waals surface area contributed by atoms with Crippen molar-refractivity contribution in [1.29, 1.82) is 0 Å². The normalized spacial score (nSPS) is 15.6. The SMILES string of the molecule is O=[N+]([O-])c1ccc2nc(NCCOC3CCCC3)oc2c1. The van der Waals surface area contributed by atoms with E-state index in [4.69, 9.17) is 9.15 Å². The summed E-state index contributed by atoms with van der Waals surface area (Å²) >= 11 is 0. The number of nitrogens with zero attached hydrogens (tertiary/aromatic N) is 2. The van der Waals surface area contributed by atoms with Crippen molar-refractivity contribution >= 4 is 22.8 Å². The van der Waals surface area contributed by atoms with E-state index in [1.807, 2.05) is 0 Å². The Kier molecular flexibility index (Phi) is 4.01. The van der Waals surface area contributed by atoms with E-state index < -0.39 is 4.92 Å². The van der Waals surface area contributed by atoms with Gasteiger partial charge in [-0.2, -0.15) is 4.98 Å². The number of hydrogen-bond donors (Lipinski definition) is 1. The highest BCUT2D eigenvalue weighted by molar-refractivity contribution is 5.77. The van der Waals surface area contributed by atoms with Crippen LogP contribution in [-0.4, -0.2) is 29.2 Å².